The van der Waals surface area contributed by atoms with Crippen LogP contribution in [0.1, 0.15) is 18.9 Å². The zero-order valence-electron chi connectivity index (χ0n) is 16.8. The number of nitrogens with zero attached hydrogens (tertiary/aromatic N) is 3. The van der Waals surface area contributed by atoms with Crippen molar-refractivity contribution in [1.82, 2.24) is 4.98 Å². The first-order valence-corrected chi connectivity index (χ1v) is 9.68. The van der Waals surface area contributed by atoms with E-state index in [-0.39, 0.29) is 19.1 Å². The molecule has 1 N–H and O–H groups in total. The van der Waals surface area contributed by atoms with Gasteiger partial charge >= 0.3 is 6.09 Å². The topological polar surface area (TPSA) is 101 Å². The minimum Gasteiger partial charge on any atom is -0.497 e. The van der Waals surface area contributed by atoms with Gasteiger partial charge in [-0.2, -0.15) is 0 Å². The first-order valence-electron chi connectivity index (χ1n) is 9.68. The third kappa shape index (κ3) is 4.02. The standard InChI is InChI=1S/C21H23N3O6/c1-13(25)9-16-11-23(21(27)30-16)18-8-7-17-20(22-18)24(19(26)12-29-17)10-14-3-5-15(28-2)6-4-14/h3-8,13,16,25H,9-12H2,1-2H3. The summed E-state index contributed by atoms with van der Waals surface area (Å²) in [6.45, 7) is 2.16. The van der Waals surface area contributed by atoms with Crippen molar-refractivity contribution in [3.05, 3.63) is 42.0 Å². The van der Waals surface area contributed by atoms with Gasteiger partial charge in [0.1, 0.15) is 17.7 Å². The molecule has 1 saturated heterocycles. The molecule has 0 spiro atoms. The van der Waals surface area contributed by atoms with Crippen molar-refractivity contribution in [2.24, 2.45) is 0 Å². The molecule has 2 aliphatic rings. The zero-order chi connectivity index (χ0) is 21.3. The predicted octanol–water partition coefficient (Wildman–Crippen LogP) is 2.11. The summed E-state index contributed by atoms with van der Waals surface area (Å²) in [6.07, 6.45) is -1.18. The van der Waals surface area contributed by atoms with Crippen LogP contribution in [0.2, 0.25) is 0 Å². The molecule has 1 aromatic heterocycles. The average molecular weight is 413 g/mol. The number of carbonyl (C=O) groups excluding carboxylic acids is 2. The second-order valence-corrected chi connectivity index (χ2v) is 7.31. The summed E-state index contributed by atoms with van der Waals surface area (Å²) in [5.74, 6) is 1.70. The molecule has 2 aromatic rings. The number of rotatable bonds is 6. The maximum absolute atomic E-state index is 12.6. The van der Waals surface area contributed by atoms with Crippen molar-refractivity contribution in [1.29, 1.82) is 0 Å². The van der Waals surface area contributed by atoms with E-state index in [0.29, 0.717) is 30.4 Å². The summed E-state index contributed by atoms with van der Waals surface area (Å²) >= 11 is 0. The number of aliphatic hydroxyl groups is 1. The van der Waals surface area contributed by atoms with E-state index in [2.05, 4.69) is 4.98 Å². The fraction of sp³-hybridized carbons (Fsp3) is 0.381. The summed E-state index contributed by atoms with van der Waals surface area (Å²) in [5, 5.41) is 9.56. The second-order valence-electron chi connectivity index (χ2n) is 7.31. The Bertz CT molecular complexity index is 946. The SMILES string of the molecule is COc1ccc(CN2C(=O)COc3ccc(N4CC(CC(C)O)OC4=O)nc32)cc1. The molecule has 2 atom stereocenters. The van der Waals surface area contributed by atoms with Gasteiger partial charge in [0.05, 0.1) is 26.3 Å². The Kier molecular flexibility index (Phi) is 5.45. The lowest BCUT2D eigenvalue weighted by molar-refractivity contribution is -0.121. The van der Waals surface area contributed by atoms with Crippen LogP contribution in [-0.4, -0.2) is 54.6 Å². The molecule has 2 unspecified atom stereocenters. The average Bonchev–Trinajstić information content (AvgIpc) is 3.09. The quantitative estimate of drug-likeness (QED) is 0.774. The van der Waals surface area contributed by atoms with Crippen molar-refractivity contribution in [2.45, 2.75) is 32.1 Å². The van der Waals surface area contributed by atoms with Crippen LogP contribution < -0.4 is 19.3 Å². The second kappa shape index (κ2) is 8.19. The highest BCUT2D eigenvalue weighted by molar-refractivity contribution is 5.97. The number of methoxy groups -OCH3 is 1. The smallest absolute Gasteiger partial charge is 0.415 e. The van der Waals surface area contributed by atoms with Crippen molar-refractivity contribution in [3.63, 3.8) is 0 Å². The molecular weight excluding hydrogens is 390 g/mol. The van der Waals surface area contributed by atoms with Gasteiger partial charge in [-0.1, -0.05) is 12.1 Å². The molecule has 0 aliphatic carbocycles. The van der Waals surface area contributed by atoms with E-state index in [9.17, 15) is 14.7 Å². The van der Waals surface area contributed by atoms with Crippen molar-refractivity contribution >= 4 is 23.6 Å². The summed E-state index contributed by atoms with van der Waals surface area (Å²) in [5.41, 5.74) is 0.904. The highest BCUT2D eigenvalue weighted by Gasteiger charge is 2.35. The first kappa shape index (κ1) is 20.0. The number of hydrogen-bond donors (Lipinski definition) is 1. The van der Waals surface area contributed by atoms with Crippen LogP contribution >= 0.6 is 0 Å². The Labute approximate surface area is 173 Å². The van der Waals surface area contributed by atoms with E-state index in [0.717, 1.165) is 11.3 Å². The van der Waals surface area contributed by atoms with Gasteiger partial charge in [0, 0.05) is 6.42 Å². The van der Waals surface area contributed by atoms with Crippen LogP contribution in [0.25, 0.3) is 0 Å². The highest BCUT2D eigenvalue weighted by atomic mass is 16.6. The molecule has 9 heteroatoms. The fourth-order valence-corrected chi connectivity index (χ4v) is 3.51. The number of pyridine rings is 1. The number of fused-ring (bicyclic) bond motifs is 1. The number of anilines is 2. The van der Waals surface area contributed by atoms with Gasteiger partial charge in [0.25, 0.3) is 5.91 Å². The third-order valence-corrected chi connectivity index (χ3v) is 4.99. The number of amides is 2. The molecule has 1 fully saturated rings. The molecule has 3 heterocycles. The van der Waals surface area contributed by atoms with Crippen LogP contribution in [0, 0.1) is 0 Å². The fourth-order valence-electron chi connectivity index (χ4n) is 3.51. The van der Waals surface area contributed by atoms with Crippen LogP contribution in [0.15, 0.2) is 36.4 Å². The number of aliphatic hydroxyl groups excluding tert-OH is 1. The molecule has 30 heavy (non-hydrogen) atoms. The lowest BCUT2D eigenvalue weighted by Gasteiger charge is -2.29. The molecule has 9 nitrogen and oxygen atoms in total. The monoisotopic (exact) mass is 413 g/mol. The Hall–Kier alpha value is -3.33. The number of aromatic nitrogens is 1. The minimum absolute atomic E-state index is 0.0770. The highest BCUT2D eigenvalue weighted by Crippen LogP contribution is 2.34. The zero-order valence-corrected chi connectivity index (χ0v) is 16.8. The minimum atomic E-state index is -0.578. The van der Waals surface area contributed by atoms with Gasteiger partial charge < -0.3 is 19.3 Å². The molecule has 1 aromatic carbocycles. The number of carbonyl (C=O) groups is 2. The van der Waals surface area contributed by atoms with Crippen molar-refractivity contribution in [3.8, 4) is 11.5 Å². The van der Waals surface area contributed by atoms with Gasteiger partial charge in [0.15, 0.2) is 18.2 Å². The Morgan fingerprint density at radius 3 is 2.70 bits per heavy atom. The van der Waals surface area contributed by atoms with E-state index >= 15 is 0 Å². The number of ether oxygens (including phenoxy) is 3. The van der Waals surface area contributed by atoms with Crippen molar-refractivity contribution in [2.75, 3.05) is 30.1 Å². The normalized spacial score (nSPS) is 19.2. The molecule has 4 rings (SSSR count). The molecular formula is C21H23N3O6. The van der Waals surface area contributed by atoms with E-state index < -0.39 is 18.3 Å². The third-order valence-electron chi connectivity index (χ3n) is 4.99. The Morgan fingerprint density at radius 1 is 1.23 bits per heavy atom. The van der Waals surface area contributed by atoms with Crippen LogP contribution in [0.3, 0.4) is 0 Å². The van der Waals surface area contributed by atoms with Crippen LogP contribution in [0.4, 0.5) is 16.4 Å². The van der Waals surface area contributed by atoms with Gasteiger partial charge in [-0.15, -0.1) is 0 Å². The molecule has 0 bridgehead atoms. The number of hydrogen-bond acceptors (Lipinski definition) is 7. The van der Waals surface area contributed by atoms with E-state index in [1.165, 1.54) is 4.90 Å². The van der Waals surface area contributed by atoms with Gasteiger partial charge in [0.2, 0.25) is 0 Å². The maximum Gasteiger partial charge on any atom is 0.415 e. The lowest BCUT2D eigenvalue weighted by Crippen LogP contribution is -2.39. The predicted molar refractivity (Wildman–Crippen MR) is 108 cm³/mol. The van der Waals surface area contributed by atoms with Crippen molar-refractivity contribution < 1.29 is 28.9 Å². The summed E-state index contributed by atoms with van der Waals surface area (Å²) in [6, 6.07) is 10.8. The van der Waals surface area contributed by atoms with E-state index in [4.69, 9.17) is 14.2 Å². The molecule has 2 amide bonds. The van der Waals surface area contributed by atoms with Crippen LogP contribution in [0.5, 0.6) is 11.5 Å². The Morgan fingerprint density at radius 2 is 2.00 bits per heavy atom. The molecule has 0 saturated carbocycles. The van der Waals surface area contributed by atoms with Gasteiger partial charge in [-0.25, -0.2) is 9.78 Å². The number of cyclic esters (lactones) is 1. The van der Waals surface area contributed by atoms with Crippen LogP contribution in [-0.2, 0) is 16.1 Å². The molecule has 0 radical (unpaired) electrons. The Balaban J connectivity index is 1.59. The molecule has 158 valence electrons. The van der Waals surface area contributed by atoms with E-state index in [1.807, 2.05) is 24.3 Å². The van der Waals surface area contributed by atoms with E-state index in [1.54, 1.807) is 31.1 Å². The first-order chi connectivity index (χ1) is 14.4. The summed E-state index contributed by atoms with van der Waals surface area (Å²) < 4.78 is 16.0. The summed E-state index contributed by atoms with van der Waals surface area (Å²) in [4.78, 5) is 32.3. The van der Waals surface area contributed by atoms with Gasteiger partial charge in [-0.3, -0.25) is 14.6 Å². The number of benzene rings is 1. The maximum atomic E-state index is 12.6. The largest absolute Gasteiger partial charge is 0.497 e. The van der Waals surface area contributed by atoms with Gasteiger partial charge in [-0.05, 0) is 36.8 Å². The molecule has 2 aliphatic heterocycles. The summed E-state index contributed by atoms with van der Waals surface area (Å²) in [7, 11) is 1.59. The lowest BCUT2D eigenvalue weighted by atomic mass is 10.2.